The second-order valence-electron chi connectivity index (χ2n) is 9.64. The van der Waals surface area contributed by atoms with Crippen molar-refractivity contribution in [1.29, 1.82) is 0 Å². The molecule has 2 heterocycles. The van der Waals surface area contributed by atoms with Crippen molar-refractivity contribution in [2.75, 3.05) is 82.8 Å². The molecular formula is C27H37Cl2N9O4. The number of anilines is 3. The van der Waals surface area contributed by atoms with Crippen LogP contribution in [0.3, 0.4) is 0 Å². The van der Waals surface area contributed by atoms with Crippen molar-refractivity contribution in [3.05, 3.63) is 51.7 Å². The van der Waals surface area contributed by atoms with E-state index < -0.39 is 6.03 Å². The first-order chi connectivity index (χ1) is 20.3. The summed E-state index contributed by atoms with van der Waals surface area (Å²) >= 11 is 12.8. The molecule has 13 nitrogen and oxygen atoms in total. The number of urea groups is 1. The molecule has 1 saturated heterocycles. The van der Waals surface area contributed by atoms with Crippen LogP contribution in [0.2, 0.25) is 10.0 Å². The Labute approximate surface area is 255 Å². The lowest BCUT2D eigenvalue weighted by Gasteiger charge is -2.38. The summed E-state index contributed by atoms with van der Waals surface area (Å²) in [6, 6.07) is 2.64. The van der Waals surface area contributed by atoms with Gasteiger partial charge in [0.2, 0.25) is 0 Å². The molecule has 0 saturated carbocycles. The molecule has 1 aromatic heterocycles. The van der Waals surface area contributed by atoms with E-state index in [0.717, 1.165) is 50.5 Å². The molecule has 1 aromatic carbocycles. The van der Waals surface area contributed by atoms with E-state index in [4.69, 9.17) is 38.4 Å². The second-order valence-corrected chi connectivity index (χ2v) is 10.4. The maximum absolute atomic E-state index is 13.2. The number of allylic oxidation sites excluding steroid dienone is 3. The first-order valence-electron chi connectivity index (χ1n) is 13.5. The van der Waals surface area contributed by atoms with Crippen LogP contribution in [0.4, 0.5) is 22.1 Å². The van der Waals surface area contributed by atoms with Gasteiger partial charge in [0.25, 0.3) is 0 Å². The van der Waals surface area contributed by atoms with Gasteiger partial charge in [-0.3, -0.25) is 9.80 Å². The fourth-order valence-corrected chi connectivity index (χ4v) is 5.42. The van der Waals surface area contributed by atoms with E-state index in [1.807, 2.05) is 0 Å². The van der Waals surface area contributed by atoms with Gasteiger partial charge in [0.15, 0.2) is 0 Å². The number of aliphatic hydroxyl groups is 1. The molecule has 42 heavy (non-hydrogen) atoms. The van der Waals surface area contributed by atoms with Gasteiger partial charge >= 0.3 is 6.03 Å². The number of benzene rings is 1. The molecule has 0 atom stereocenters. The normalized spacial score (nSPS) is 15.7. The molecular weight excluding hydrogens is 585 g/mol. The van der Waals surface area contributed by atoms with Crippen LogP contribution in [0.1, 0.15) is 12.8 Å². The van der Waals surface area contributed by atoms with Crippen LogP contribution in [0.25, 0.3) is 0 Å². The number of piperazine rings is 1. The van der Waals surface area contributed by atoms with Crippen LogP contribution < -0.4 is 36.1 Å². The van der Waals surface area contributed by atoms with Crippen LogP contribution in [0.5, 0.6) is 11.5 Å². The van der Waals surface area contributed by atoms with Gasteiger partial charge in [0.05, 0.1) is 25.6 Å². The fourth-order valence-electron chi connectivity index (χ4n) is 4.82. The van der Waals surface area contributed by atoms with Gasteiger partial charge in [-0.1, -0.05) is 23.2 Å². The van der Waals surface area contributed by atoms with Crippen molar-refractivity contribution in [1.82, 2.24) is 25.1 Å². The van der Waals surface area contributed by atoms with Gasteiger partial charge in [-0.2, -0.15) is 0 Å². The zero-order valence-corrected chi connectivity index (χ0v) is 25.4. The zero-order valence-electron chi connectivity index (χ0n) is 23.9. The van der Waals surface area contributed by atoms with E-state index in [1.54, 1.807) is 13.1 Å². The van der Waals surface area contributed by atoms with Crippen LogP contribution in [-0.4, -0.2) is 98.2 Å². The minimum atomic E-state index is -0.544. The summed E-state index contributed by atoms with van der Waals surface area (Å²) in [4.78, 5) is 27.8. The number of nitrogens with two attached hydrogens (primary N) is 1. The third kappa shape index (κ3) is 7.28. The predicted octanol–water partition coefficient (Wildman–Crippen LogP) is 2.89. The summed E-state index contributed by atoms with van der Waals surface area (Å²) < 4.78 is 10.6. The lowest BCUT2D eigenvalue weighted by molar-refractivity contribution is 0.158. The van der Waals surface area contributed by atoms with Crippen LogP contribution >= 0.6 is 23.2 Å². The third-order valence-electron chi connectivity index (χ3n) is 7.15. The number of carbonyl (C=O) groups excluding carboxylic acids is 1. The first kappa shape index (κ1) is 31.4. The molecule has 1 fully saturated rings. The van der Waals surface area contributed by atoms with Crippen molar-refractivity contribution in [3.63, 3.8) is 0 Å². The van der Waals surface area contributed by atoms with E-state index in [2.05, 4.69) is 41.8 Å². The predicted molar refractivity (Wildman–Crippen MR) is 164 cm³/mol. The van der Waals surface area contributed by atoms with Crippen LogP contribution in [0, 0.1) is 0 Å². The molecule has 2 aliphatic rings. The van der Waals surface area contributed by atoms with Crippen LogP contribution in [0.15, 0.2) is 41.6 Å². The summed E-state index contributed by atoms with van der Waals surface area (Å²) in [5.74, 6) is 1.40. The molecule has 0 bridgehead atoms. The Morgan fingerprint density at radius 2 is 1.79 bits per heavy atom. The van der Waals surface area contributed by atoms with Gasteiger partial charge in [-0.25, -0.2) is 14.8 Å². The monoisotopic (exact) mass is 621 g/mol. The number of nitrogens with one attached hydrogen (secondary N) is 3. The highest BCUT2D eigenvalue weighted by Crippen LogP contribution is 2.44. The van der Waals surface area contributed by atoms with Gasteiger partial charge in [-0.05, 0) is 18.9 Å². The zero-order chi connectivity index (χ0) is 30.2. The lowest BCUT2D eigenvalue weighted by atomic mass is 10.0. The van der Waals surface area contributed by atoms with Gasteiger partial charge in [0, 0.05) is 69.8 Å². The smallest absolute Gasteiger partial charge is 0.327 e. The number of rotatable bonds is 11. The second kappa shape index (κ2) is 14.6. The Hall–Kier alpha value is -3.49. The van der Waals surface area contributed by atoms with Crippen molar-refractivity contribution in [2.24, 2.45) is 5.73 Å². The Bertz CT molecular complexity index is 1300. The average molecular weight is 623 g/mol. The molecule has 1 aliphatic carbocycles. The summed E-state index contributed by atoms with van der Waals surface area (Å²) in [6.45, 7) is 5.17. The summed E-state index contributed by atoms with van der Waals surface area (Å²) in [5, 5.41) is 19.0. The average Bonchev–Trinajstić information content (AvgIpc) is 3.00. The number of methoxy groups -OCH3 is 2. The molecule has 0 spiro atoms. The largest absolute Gasteiger partial charge is 0.495 e. The Kier molecular flexibility index (Phi) is 10.9. The number of amides is 2. The maximum Gasteiger partial charge on any atom is 0.327 e. The lowest BCUT2D eigenvalue weighted by Crippen LogP contribution is -2.47. The molecule has 0 unspecified atom stereocenters. The molecule has 2 amide bonds. The third-order valence-corrected chi connectivity index (χ3v) is 7.90. The Balaban J connectivity index is 1.49. The standard InChI is InChI=1S/C27H37Cl2N9O4/c1-36(27(40)35-26-24(28)20(41-2)13-21(42-3)25(26)29)23-14-22(31-15-32-23)34-18-5-4-17(12-19(18)33-16-39)38-10-8-37(7-6-30)9-11-38/h12-15,33,39H,4-11,16,30H2,1-3H3,(H,35,40)(H,31,32,34). The van der Waals surface area contributed by atoms with Crippen LogP contribution in [-0.2, 0) is 0 Å². The van der Waals surface area contributed by atoms with Crippen molar-refractivity contribution in [2.45, 2.75) is 12.8 Å². The number of hydrogen-bond donors (Lipinski definition) is 5. The van der Waals surface area contributed by atoms with Crippen molar-refractivity contribution in [3.8, 4) is 11.5 Å². The molecule has 228 valence electrons. The summed E-state index contributed by atoms with van der Waals surface area (Å²) in [5.41, 5.74) is 8.72. The quantitative estimate of drug-likeness (QED) is 0.235. The minimum absolute atomic E-state index is 0.133. The number of ether oxygens (including phenoxy) is 2. The minimum Gasteiger partial charge on any atom is -0.495 e. The van der Waals surface area contributed by atoms with E-state index >= 15 is 0 Å². The van der Waals surface area contributed by atoms with E-state index in [9.17, 15) is 9.90 Å². The highest BCUT2D eigenvalue weighted by Gasteiger charge is 2.24. The highest BCUT2D eigenvalue weighted by atomic mass is 35.5. The van der Waals surface area contributed by atoms with E-state index in [-0.39, 0.29) is 22.5 Å². The fraction of sp³-hybridized carbons (Fsp3) is 0.444. The molecule has 1 aliphatic heterocycles. The number of aromatic nitrogens is 2. The Morgan fingerprint density at radius 3 is 2.40 bits per heavy atom. The molecule has 0 radical (unpaired) electrons. The van der Waals surface area contributed by atoms with E-state index in [1.165, 1.54) is 37.2 Å². The molecule has 4 rings (SSSR count). The molecule has 15 heteroatoms. The Morgan fingerprint density at radius 1 is 1.10 bits per heavy atom. The number of halogens is 2. The van der Waals surface area contributed by atoms with Gasteiger partial charge in [0.1, 0.15) is 46.2 Å². The number of nitrogens with zero attached hydrogens (tertiary/aromatic N) is 5. The maximum atomic E-state index is 13.2. The SMILES string of the molecule is COc1cc(OC)c(Cl)c(NC(=O)N(C)c2cc(NC3=C(NCO)C=C(N4CCN(CCN)CC4)CC3)ncn2)c1Cl. The number of aliphatic hydroxyl groups excluding tert-OH is 1. The summed E-state index contributed by atoms with van der Waals surface area (Å²) in [7, 11) is 4.46. The first-order valence-corrected chi connectivity index (χ1v) is 14.2. The number of carbonyl (C=O) groups is 1. The topological polar surface area (TPSA) is 153 Å². The van der Waals surface area contributed by atoms with Gasteiger partial charge in [-0.15, -0.1) is 0 Å². The highest BCUT2D eigenvalue weighted by molar-refractivity contribution is 6.41. The number of hydrogen-bond acceptors (Lipinski definition) is 11. The molecule has 6 N–H and O–H groups in total. The van der Waals surface area contributed by atoms with Crippen molar-refractivity contribution < 1.29 is 19.4 Å². The molecule has 2 aromatic rings. The van der Waals surface area contributed by atoms with Gasteiger partial charge < -0.3 is 41.2 Å². The van der Waals surface area contributed by atoms with Crippen molar-refractivity contribution >= 4 is 46.6 Å². The summed E-state index contributed by atoms with van der Waals surface area (Å²) in [6.07, 6.45) is 4.97. The van der Waals surface area contributed by atoms with E-state index in [0.29, 0.717) is 36.1 Å².